The van der Waals surface area contributed by atoms with E-state index in [0.717, 1.165) is 12.1 Å². The second-order valence-corrected chi connectivity index (χ2v) is 5.48. The molecule has 0 aromatic carbocycles. The van der Waals surface area contributed by atoms with Gasteiger partial charge in [0.15, 0.2) is 0 Å². The summed E-state index contributed by atoms with van der Waals surface area (Å²) in [5, 5.41) is 2.87. The first-order valence-electron chi connectivity index (χ1n) is 8.18. The number of amides is 2. The smallest absolute Gasteiger partial charge is 0.257 e. The molecule has 6 heteroatoms. The van der Waals surface area contributed by atoms with Crippen molar-refractivity contribution in [3.05, 3.63) is 54.2 Å². The zero-order valence-electron chi connectivity index (χ0n) is 13.9. The first-order chi connectivity index (χ1) is 11.7. The Labute approximate surface area is 141 Å². The van der Waals surface area contributed by atoms with E-state index >= 15 is 0 Å². The molecule has 0 aliphatic carbocycles. The van der Waals surface area contributed by atoms with E-state index in [9.17, 15) is 9.59 Å². The molecule has 0 radical (unpaired) electrons. The highest BCUT2D eigenvalue weighted by atomic mass is 16.3. The van der Waals surface area contributed by atoms with Crippen LogP contribution in [-0.2, 0) is 11.2 Å². The Morgan fingerprint density at radius 2 is 2.12 bits per heavy atom. The minimum Gasteiger partial charge on any atom is -0.472 e. The molecular weight excluding hydrogens is 306 g/mol. The molecule has 128 valence electrons. The van der Waals surface area contributed by atoms with Gasteiger partial charge in [0.2, 0.25) is 5.91 Å². The lowest BCUT2D eigenvalue weighted by Crippen LogP contribution is -2.36. The maximum atomic E-state index is 12.3. The van der Waals surface area contributed by atoms with Gasteiger partial charge in [-0.1, -0.05) is 13.0 Å². The summed E-state index contributed by atoms with van der Waals surface area (Å²) in [6, 6.07) is 7.35. The third kappa shape index (κ3) is 5.53. The van der Waals surface area contributed by atoms with Gasteiger partial charge in [-0.2, -0.15) is 0 Å². The highest BCUT2D eigenvalue weighted by molar-refractivity contribution is 5.94. The van der Waals surface area contributed by atoms with Crippen LogP contribution in [0.2, 0.25) is 0 Å². The van der Waals surface area contributed by atoms with Gasteiger partial charge in [0.1, 0.15) is 6.26 Å². The lowest BCUT2D eigenvalue weighted by molar-refractivity contribution is -0.121. The molecule has 2 aromatic heterocycles. The fourth-order valence-electron chi connectivity index (χ4n) is 2.35. The second-order valence-electron chi connectivity index (χ2n) is 5.48. The van der Waals surface area contributed by atoms with Gasteiger partial charge in [0.25, 0.3) is 5.91 Å². The SMILES string of the molecule is CCCN(CCC(=O)NCCc1ccccn1)C(=O)c1ccoc1. The monoisotopic (exact) mass is 329 g/mol. The summed E-state index contributed by atoms with van der Waals surface area (Å²) < 4.78 is 4.95. The zero-order valence-corrected chi connectivity index (χ0v) is 13.9. The first-order valence-corrected chi connectivity index (χ1v) is 8.18. The number of aromatic nitrogens is 1. The predicted molar refractivity (Wildman–Crippen MR) is 90.5 cm³/mol. The Morgan fingerprint density at radius 1 is 1.25 bits per heavy atom. The van der Waals surface area contributed by atoms with Crippen molar-refractivity contribution in [2.24, 2.45) is 0 Å². The number of nitrogens with zero attached hydrogens (tertiary/aromatic N) is 2. The lowest BCUT2D eigenvalue weighted by Gasteiger charge is -2.21. The second kappa shape index (κ2) is 9.50. The molecule has 0 unspecified atom stereocenters. The molecule has 0 aliphatic heterocycles. The fraction of sp³-hybridized carbons (Fsp3) is 0.389. The summed E-state index contributed by atoms with van der Waals surface area (Å²) in [5.41, 5.74) is 1.46. The van der Waals surface area contributed by atoms with E-state index in [4.69, 9.17) is 4.42 Å². The van der Waals surface area contributed by atoms with Crippen molar-refractivity contribution in [2.75, 3.05) is 19.6 Å². The van der Waals surface area contributed by atoms with E-state index in [2.05, 4.69) is 10.3 Å². The number of rotatable bonds is 9. The van der Waals surface area contributed by atoms with Gasteiger partial charge >= 0.3 is 0 Å². The Bertz CT molecular complexity index is 626. The van der Waals surface area contributed by atoms with Gasteiger partial charge in [-0.05, 0) is 24.6 Å². The van der Waals surface area contributed by atoms with E-state index in [1.807, 2.05) is 25.1 Å². The van der Waals surface area contributed by atoms with Crippen molar-refractivity contribution in [2.45, 2.75) is 26.2 Å². The Hall–Kier alpha value is -2.63. The first kappa shape index (κ1) is 17.7. The van der Waals surface area contributed by atoms with Crippen LogP contribution in [0.5, 0.6) is 0 Å². The molecule has 0 spiro atoms. The van der Waals surface area contributed by atoms with Crippen LogP contribution in [0.4, 0.5) is 0 Å². The molecule has 0 atom stereocenters. The lowest BCUT2D eigenvalue weighted by atomic mass is 10.2. The number of carbonyl (C=O) groups is 2. The molecule has 1 N–H and O–H groups in total. The van der Waals surface area contributed by atoms with Crippen LogP contribution in [0.25, 0.3) is 0 Å². The van der Waals surface area contributed by atoms with Crippen LogP contribution >= 0.6 is 0 Å². The standard InChI is InChI=1S/C18H23N3O3/c1-2-11-21(18(23)15-8-13-24-14-15)12-7-17(22)20-10-6-16-5-3-4-9-19-16/h3-5,8-9,13-14H,2,6-7,10-12H2,1H3,(H,20,22). The number of carbonyl (C=O) groups excluding carboxylic acids is 2. The van der Waals surface area contributed by atoms with Crippen LogP contribution in [0.1, 0.15) is 35.8 Å². The minimum absolute atomic E-state index is 0.0629. The van der Waals surface area contributed by atoms with Gasteiger partial charge in [-0.3, -0.25) is 14.6 Å². The molecule has 2 amide bonds. The summed E-state index contributed by atoms with van der Waals surface area (Å²) in [5.74, 6) is -0.168. The van der Waals surface area contributed by atoms with E-state index < -0.39 is 0 Å². The molecule has 2 heterocycles. The van der Waals surface area contributed by atoms with Gasteiger partial charge < -0.3 is 14.6 Å². The van der Waals surface area contributed by atoms with E-state index in [1.165, 1.54) is 12.5 Å². The van der Waals surface area contributed by atoms with Crippen LogP contribution in [0.15, 0.2) is 47.4 Å². The zero-order chi connectivity index (χ0) is 17.2. The number of furan rings is 1. The van der Waals surface area contributed by atoms with Gasteiger partial charge in [-0.25, -0.2) is 0 Å². The summed E-state index contributed by atoms with van der Waals surface area (Å²) in [6.45, 7) is 3.56. The predicted octanol–water partition coefficient (Wildman–Crippen LogP) is 2.28. The van der Waals surface area contributed by atoms with Crippen LogP contribution in [0.3, 0.4) is 0 Å². The molecular formula is C18H23N3O3. The average Bonchev–Trinajstić information content (AvgIpc) is 3.13. The molecule has 0 saturated carbocycles. The largest absolute Gasteiger partial charge is 0.472 e. The van der Waals surface area contributed by atoms with Crippen LogP contribution < -0.4 is 5.32 Å². The van der Waals surface area contributed by atoms with Crippen molar-refractivity contribution < 1.29 is 14.0 Å². The summed E-state index contributed by atoms with van der Waals surface area (Å²) >= 11 is 0. The quantitative estimate of drug-likeness (QED) is 0.766. The van der Waals surface area contributed by atoms with Crippen molar-refractivity contribution in [1.29, 1.82) is 0 Å². The highest BCUT2D eigenvalue weighted by Crippen LogP contribution is 2.07. The molecule has 6 nitrogen and oxygen atoms in total. The topological polar surface area (TPSA) is 75.4 Å². The Morgan fingerprint density at radius 3 is 2.79 bits per heavy atom. The fourth-order valence-corrected chi connectivity index (χ4v) is 2.35. The van der Waals surface area contributed by atoms with E-state index in [1.54, 1.807) is 17.2 Å². The molecule has 24 heavy (non-hydrogen) atoms. The van der Waals surface area contributed by atoms with Gasteiger partial charge in [0, 0.05) is 44.4 Å². The summed E-state index contributed by atoms with van der Waals surface area (Å²) in [7, 11) is 0. The molecule has 2 rings (SSSR count). The molecule has 0 bridgehead atoms. The number of nitrogens with one attached hydrogen (secondary N) is 1. The van der Waals surface area contributed by atoms with Crippen LogP contribution in [-0.4, -0.2) is 41.3 Å². The average molecular weight is 329 g/mol. The maximum Gasteiger partial charge on any atom is 0.257 e. The van der Waals surface area contributed by atoms with Crippen molar-refractivity contribution in [3.8, 4) is 0 Å². The third-order valence-corrected chi connectivity index (χ3v) is 3.59. The minimum atomic E-state index is -0.105. The number of hydrogen-bond acceptors (Lipinski definition) is 4. The van der Waals surface area contributed by atoms with Crippen molar-refractivity contribution in [3.63, 3.8) is 0 Å². The third-order valence-electron chi connectivity index (χ3n) is 3.59. The van der Waals surface area contributed by atoms with E-state index in [0.29, 0.717) is 31.6 Å². The number of pyridine rings is 1. The molecule has 2 aromatic rings. The number of hydrogen-bond donors (Lipinski definition) is 1. The maximum absolute atomic E-state index is 12.3. The highest BCUT2D eigenvalue weighted by Gasteiger charge is 2.17. The van der Waals surface area contributed by atoms with E-state index in [-0.39, 0.29) is 18.2 Å². The van der Waals surface area contributed by atoms with Crippen molar-refractivity contribution in [1.82, 2.24) is 15.2 Å². The van der Waals surface area contributed by atoms with Gasteiger partial charge in [-0.15, -0.1) is 0 Å². The van der Waals surface area contributed by atoms with Crippen LogP contribution in [0, 0.1) is 0 Å². The Balaban J connectivity index is 1.74. The molecule has 0 aliphatic rings. The molecule has 0 saturated heterocycles. The summed E-state index contributed by atoms with van der Waals surface area (Å²) in [4.78, 5) is 30.2. The van der Waals surface area contributed by atoms with Gasteiger partial charge in [0.05, 0.1) is 11.8 Å². The summed E-state index contributed by atoms with van der Waals surface area (Å²) in [6.07, 6.45) is 6.46. The Kier molecular flexibility index (Phi) is 7.01. The molecule has 0 fully saturated rings. The van der Waals surface area contributed by atoms with Crippen molar-refractivity contribution >= 4 is 11.8 Å². The normalized spacial score (nSPS) is 10.4.